The van der Waals surface area contributed by atoms with Gasteiger partial charge >= 0.3 is 0 Å². The van der Waals surface area contributed by atoms with Crippen LogP contribution in [0, 0.1) is 0 Å². The molecule has 0 bridgehead atoms. The molecule has 0 spiro atoms. The summed E-state index contributed by atoms with van der Waals surface area (Å²) >= 11 is 3.43. The molecule has 0 radical (unpaired) electrons. The Morgan fingerprint density at radius 1 is 1.04 bits per heavy atom. The number of hydrogen-bond acceptors (Lipinski definition) is 2. The van der Waals surface area contributed by atoms with Crippen LogP contribution in [0.5, 0.6) is 0 Å². The number of rotatable bonds is 7. The van der Waals surface area contributed by atoms with E-state index in [2.05, 4.69) is 57.8 Å². The van der Waals surface area contributed by atoms with E-state index in [1.807, 2.05) is 25.1 Å². The molecule has 4 heteroatoms. The lowest BCUT2D eigenvalue weighted by atomic mass is 10.1. The van der Waals surface area contributed by atoms with Crippen molar-refractivity contribution in [1.29, 1.82) is 0 Å². The molecule has 0 heterocycles. The summed E-state index contributed by atoms with van der Waals surface area (Å²) in [4.78, 5) is 12.2. The number of halogens is 1. The molecular weight excluding hydrogens is 352 g/mol. The Morgan fingerprint density at radius 3 is 2.39 bits per heavy atom. The first-order valence-corrected chi connectivity index (χ1v) is 8.82. The zero-order valence-electron chi connectivity index (χ0n) is 13.7. The molecule has 0 aliphatic rings. The van der Waals surface area contributed by atoms with Crippen LogP contribution in [0.15, 0.2) is 46.9 Å². The van der Waals surface area contributed by atoms with Gasteiger partial charge in [0, 0.05) is 23.2 Å². The van der Waals surface area contributed by atoms with E-state index in [-0.39, 0.29) is 5.91 Å². The highest BCUT2D eigenvalue weighted by Gasteiger charge is 2.11. The van der Waals surface area contributed by atoms with E-state index in [9.17, 15) is 4.79 Å². The lowest BCUT2D eigenvalue weighted by Crippen LogP contribution is -2.23. The highest BCUT2D eigenvalue weighted by atomic mass is 79.9. The van der Waals surface area contributed by atoms with E-state index in [1.165, 1.54) is 11.1 Å². The molecule has 0 aliphatic carbocycles. The molecule has 1 amide bonds. The first-order chi connectivity index (χ1) is 11.1. The van der Waals surface area contributed by atoms with Gasteiger partial charge in [-0.15, -0.1) is 0 Å². The highest BCUT2D eigenvalue weighted by molar-refractivity contribution is 9.10. The average molecular weight is 375 g/mol. The Hall–Kier alpha value is -1.81. The van der Waals surface area contributed by atoms with Gasteiger partial charge in [0.15, 0.2) is 0 Å². The highest BCUT2D eigenvalue weighted by Crippen LogP contribution is 2.22. The summed E-state index contributed by atoms with van der Waals surface area (Å²) in [5.41, 5.74) is 4.07. The molecule has 0 aliphatic heterocycles. The molecule has 122 valence electrons. The van der Waals surface area contributed by atoms with E-state index < -0.39 is 0 Å². The monoisotopic (exact) mass is 374 g/mol. The minimum atomic E-state index is -0.0606. The number of aryl methyl sites for hydroxylation is 1. The van der Waals surface area contributed by atoms with Gasteiger partial charge < -0.3 is 10.6 Å². The van der Waals surface area contributed by atoms with Gasteiger partial charge in [0.25, 0.3) is 5.91 Å². The second-order valence-electron chi connectivity index (χ2n) is 5.47. The minimum Gasteiger partial charge on any atom is -0.380 e. The van der Waals surface area contributed by atoms with Gasteiger partial charge in [0.2, 0.25) is 0 Å². The maximum absolute atomic E-state index is 12.2. The molecule has 2 rings (SSSR count). The molecule has 2 aromatic carbocycles. The summed E-state index contributed by atoms with van der Waals surface area (Å²) in [5, 5.41) is 6.22. The number of amides is 1. The van der Waals surface area contributed by atoms with Crippen LogP contribution in [0.3, 0.4) is 0 Å². The number of carbonyl (C=O) groups excluding carboxylic acids is 1. The van der Waals surface area contributed by atoms with E-state index in [1.54, 1.807) is 0 Å². The Morgan fingerprint density at radius 2 is 1.74 bits per heavy atom. The Kier molecular flexibility index (Phi) is 6.66. The standard InChI is InChI=1S/C19H23BrN2O/c1-3-5-14-6-8-15(9-7-14)13-22-18-11-10-16(20)12-17(18)19(23)21-4-2/h6-12,22H,3-5,13H2,1-2H3,(H,21,23). The van der Waals surface area contributed by atoms with Crippen molar-refractivity contribution in [3.63, 3.8) is 0 Å². The lowest BCUT2D eigenvalue weighted by molar-refractivity contribution is 0.0956. The third kappa shape index (κ3) is 5.10. The second kappa shape index (κ2) is 8.73. The third-order valence-corrected chi connectivity index (χ3v) is 4.10. The van der Waals surface area contributed by atoms with Crippen molar-refractivity contribution in [2.24, 2.45) is 0 Å². The van der Waals surface area contributed by atoms with E-state index in [0.29, 0.717) is 18.7 Å². The first kappa shape index (κ1) is 17.5. The Bertz CT molecular complexity index is 653. The van der Waals surface area contributed by atoms with Crippen LogP contribution in [0.25, 0.3) is 0 Å². The molecule has 23 heavy (non-hydrogen) atoms. The van der Waals surface area contributed by atoms with Crippen LogP contribution >= 0.6 is 15.9 Å². The van der Waals surface area contributed by atoms with E-state index in [0.717, 1.165) is 23.0 Å². The van der Waals surface area contributed by atoms with Crippen LogP contribution in [-0.4, -0.2) is 12.5 Å². The maximum atomic E-state index is 12.2. The summed E-state index contributed by atoms with van der Waals surface area (Å²) in [5.74, 6) is -0.0606. The smallest absolute Gasteiger partial charge is 0.253 e. The minimum absolute atomic E-state index is 0.0606. The van der Waals surface area contributed by atoms with Crippen molar-refractivity contribution >= 4 is 27.5 Å². The topological polar surface area (TPSA) is 41.1 Å². The SMILES string of the molecule is CCCc1ccc(CNc2ccc(Br)cc2C(=O)NCC)cc1. The number of benzene rings is 2. The van der Waals surface area contributed by atoms with E-state index >= 15 is 0 Å². The van der Waals surface area contributed by atoms with Gasteiger partial charge in [0.1, 0.15) is 0 Å². The molecule has 2 aromatic rings. The van der Waals surface area contributed by atoms with Crippen LogP contribution < -0.4 is 10.6 Å². The summed E-state index contributed by atoms with van der Waals surface area (Å²) in [6, 6.07) is 14.3. The fraction of sp³-hybridized carbons (Fsp3) is 0.316. The zero-order chi connectivity index (χ0) is 16.7. The van der Waals surface area contributed by atoms with Crippen molar-refractivity contribution < 1.29 is 4.79 Å². The van der Waals surface area contributed by atoms with Gasteiger partial charge in [-0.2, -0.15) is 0 Å². The maximum Gasteiger partial charge on any atom is 0.253 e. The second-order valence-corrected chi connectivity index (χ2v) is 6.39. The molecule has 3 nitrogen and oxygen atoms in total. The van der Waals surface area contributed by atoms with Crippen LogP contribution in [0.2, 0.25) is 0 Å². The van der Waals surface area contributed by atoms with Crippen molar-refractivity contribution in [2.75, 3.05) is 11.9 Å². The molecule has 0 fully saturated rings. The Labute approximate surface area is 146 Å². The van der Waals surface area contributed by atoms with Crippen molar-refractivity contribution in [3.05, 3.63) is 63.6 Å². The summed E-state index contributed by atoms with van der Waals surface area (Å²) in [7, 11) is 0. The van der Waals surface area contributed by atoms with Crippen molar-refractivity contribution in [2.45, 2.75) is 33.2 Å². The number of nitrogens with one attached hydrogen (secondary N) is 2. The van der Waals surface area contributed by atoms with Gasteiger partial charge in [-0.3, -0.25) is 4.79 Å². The summed E-state index contributed by atoms with van der Waals surface area (Å²) in [6.07, 6.45) is 2.27. The molecule has 2 N–H and O–H groups in total. The van der Waals surface area contributed by atoms with Crippen molar-refractivity contribution in [1.82, 2.24) is 5.32 Å². The molecule has 0 saturated carbocycles. The quantitative estimate of drug-likeness (QED) is 0.732. The zero-order valence-corrected chi connectivity index (χ0v) is 15.2. The van der Waals surface area contributed by atoms with Gasteiger partial charge in [-0.1, -0.05) is 53.5 Å². The molecule has 0 saturated heterocycles. The fourth-order valence-corrected chi connectivity index (χ4v) is 2.79. The first-order valence-electron chi connectivity index (χ1n) is 8.03. The predicted molar refractivity (Wildman–Crippen MR) is 99.9 cm³/mol. The van der Waals surface area contributed by atoms with Crippen molar-refractivity contribution in [3.8, 4) is 0 Å². The number of anilines is 1. The third-order valence-electron chi connectivity index (χ3n) is 3.61. The van der Waals surface area contributed by atoms with E-state index in [4.69, 9.17) is 0 Å². The van der Waals surface area contributed by atoms with Gasteiger partial charge in [-0.25, -0.2) is 0 Å². The molecule has 0 unspecified atom stereocenters. The largest absolute Gasteiger partial charge is 0.380 e. The molecule has 0 aromatic heterocycles. The van der Waals surface area contributed by atoms with Gasteiger partial charge in [-0.05, 0) is 42.7 Å². The number of carbonyl (C=O) groups is 1. The fourth-order valence-electron chi connectivity index (χ4n) is 2.42. The van der Waals surface area contributed by atoms with Crippen LogP contribution in [-0.2, 0) is 13.0 Å². The van der Waals surface area contributed by atoms with Crippen LogP contribution in [0.4, 0.5) is 5.69 Å². The lowest BCUT2D eigenvalue weighted by Gasteiger charge is -2.13. The average Bonchev–Trinajstić information content (AvgIpc) is 2.55. The normalized spacial score (nSPS) is 10.4. The predicted octanol–water partition coefficient (Wildman–Crippen LogP) is 4.76. The Balaban J connectivity index is 2.09. The molecule has 0 atom stereocenters. The van der Waals surface area contributed by atoms with Crippen LogP contribution in [0.1, 0.15) is 41.8 Å². The summed E-state index contributed by atoms with van der Waals surface area (Å²) < 4.78 is 0.897. The number of hydrogen-bond donors (Lipinski definition) is 2. The summed E-state index contributed by atoms with van der Waals surface area (Å²) in [6.45, 7) is 5.41. The van der Waals surface area contributed by atoms with Gasteiger partial charge in [0.05, 0.1) is 5.56 Å². The molecular formula is C19H23BrN2O.